The van der Waals surface area contributed by atoms with Crippen LogP contribution in [-0.4, -0.2) is 60.5 Å². The van der Waals surface area contributed by atoms with E-state index >= 15 is 0 Å². The van der Waals surface area contributed by atoms with Crippen LogP contribution in [0.4, 0.5) is 0 Å². The van der Waals surface area contributed by atoms with Gasteiger partial charge in [-0.3, -0.25) is 18.6 Å². The van der Waals surface area contributed by atoms with E-state index in [2.05, 4.69) is 26.0 Å². The second kappa shape index (κ2) is 40.9. The molecule has 0 rings (SSSR count). The molecule has 0 saturated carbocycles. The Morgan fingerprint density at radius 2 is 0.945 bits per heavy atom. The summed E-state index contributed by atoms with van der Waals surface area (Å²) in [5.41, 5.74) is 5.36. The second-order valence-corrected chi connectivity index (χ2v) is 17.0. The molecule has 0 heterocycles. The molecule has 0 aliphatic carbocycles. The minimum atomic E-state index is -4.61. The number of unbranched alkanes of at least 4 members (excludes halogenated alkanes) is 28. The molecule has 0 aromatic rings. The van der Waals surface area contributed by atoms with Crippen molar-refractivity contribution in [1.82, 2.24) is 0 Å². The van der Waals surface area contributed by atoms with Gasteiger partial charge in [-0.25, -0.2) is 4.57 Å². The zero-order valence-corrected chi connectivity index (χ0v) is 36.4. The third kappa shape index (κ3) is 40.7. The van der Waals surface area contributed by atoms with Gasteiger partial charge in [0, 0.05) is 13.0 Å². The van der Waals surface area contributed by atoms with Gasteiger partial charge in [-0.15, -0.1) is 0 Å². The fourth-order valence-corrected chi connectivity index (χ4v) is 7.26. The summed E-state index contributed by atoms with van der Waals surface area (Å²) in [5, 5.41) is 8.90. The van der Waals surface area contributed by atoms with Crippen LogP contribution in [0.3, 0.4) is 0 Å². The molecule has 10 nitrogen and oxygen atoms in total. The average Bonchev–Trinajstić information content (AvgIpc) is 3.16. The average molecular weight is 804 g/mol. The van der Waals surface area contributed by atoms with E-state index in [-0.39, 0.29) is 13.0 Å². The Labute approximate surface area is 337 Å². The minimum Gasteiger partial charge on any atom is -0.480 e. The van der Waals surface area contributed by atoms with Gasteiger partial charge in [-0.2, -0.15) is 0 Å². The normalized spacial score (nSPS) is 14.0. The van der Waals surface area contributed by atoms with E-state index < -0.39 is 45.1 Å². The molecule has 0 radical (unpaired) electrons. The number of carboxylic acid groups (broad SMARTS) is 1. The number of carboxylic acids is 1. The van der Waals surface area contributed by atoms with Crippen LogP contribution in [0.2, 0.25) is 0 Å². The maximum atomic E-state index is 12.6. The second-order valence-electron chi connectivity index (χ2n) is 15.5. The van der Waals surface area contributed by atoms with E-state index in [1.54, 1.807) is 0 Å². The van der Waals surface area contributed by atoms with Crippen LogP contribution in [0, 0.1) is 0 Å². The number of rotatable bonds is 44. The minimum absolute atomic E-state index is 0.0196. The number of phosphoric acid groups is 1. The molecule has 326 valence electrons. The molecule has 0 aliphatic rings. The van der Waals surface area contributed by atoms with Crippen LogP contribution < -0.4 is 5.73 Å². The molecule has 3 atom stereocenters. The highest BCUT2D eigenvalue weighted by atomic mass is 31.2. The number of aliphatic carboxylic acids is 1. The largest absolute Gasteiger partial charge is 0.480 e. The van der Waals surface area contributed by atoms with Crippen molar-refractivity contribution in [3.8, 4) is 0 Å². The molecule has 0 aliphatic heterocycles. The quantitative estimate of drug-likeness (QED) is 0.0235. The van der Waals surface area contributed by atoms with Crippen LogP contribution in [-0.2, 0) is 32.7 Å². The lowest BCUT2D eigenvalue weighted by molar-refractivity contribution is -0.154. The first kappa shape index (κ1) is 53.7. The highest BCUT2D eigenvalue weighted by Gasteiger charge is 2.27. The van der Waals surface area contributed by atoms with Crippen molar-refractivity contribution in [1.29, 1.82) is 0 Å². The zero-order chi connectivity index (χ0) is 40.5. The Morgan fingerprint density at radius 3 is 1.38 bits per heavy atom. The van der Waals surface area contributed by atoms with E-state index in [9.17, 15) is 19.0 Å². The van der Waals surface area contributed by atoms with E-state index in [4.69, 9.17) is 29.4 Å². The van der Waals surface area contributed by atoms with Gasteiger partial charge in [0.2, 0.25) is 0 Å². The highest BCUT2D eigenvalue weighted by Crippen LogP contribution is 2.43. The van der Waals surface area contributed by atoms with Crippen LogP contribution in [0.1, 0.15) is 219 Å². The van der Waals surface area contributed by atoms with Crippen LogP contribution in [0.15, 0.2) is 12.2 Å². The Morgan fingerprint density at radius 1 is 0.564 bits per heavy atom. The molecule has 0 aromatic heterocycles. The highest BCUT2D eigenvalue weighted by molar-refractivity contribution is 7.47. The maximum absolute atomic E-state index is 12.6. The fourth-order valence-electron chi connectivity index (χ4n) is 6.48. The van der Waals surface area contributed by atoms with Crippen LogP contribution >= 0.6 is 7.82 Å². The molecule has 0 saturated heterocycles. The lowest BCUT2D eigenvalue weighted by atomic mass is 10.0. The van der Waals surface area contributed by atoms with Crippen molar-refractivity contribution in [2.45, 2.75) is 231 Å². The summed E-state index contributed by atoms with van der Waals surface area (Å²) in [4.78, 5) is 33.5. The summed E-state index contributed by atoms with van der Waals surface area (Å²) in [6.07, 6.45) is 42.6. The molecular formula is C44H86NO9P. The Hall–Kier alpha value is -1.29. The van der Waals surface area contributed by atoms with Crippen molar-refractivity contribution in [3.63, 3.8) is 0 Å². The summed E-state index contributed by atoms with van der Waals surface area (Å²) in [7, 11) is -4.61. The molecule has 0 spiro atoms. The van der Waals surface area contributed by atoms with Crippen molar-refractivity contribution >= 4 is 19.8 Å². The van der Waals surface area contributed by atoms with Crippen molar-refractivity contribution in [3.05, 3.63) is 12.2 Å². The van der Waals surface area contributed by atoms with Crippen molar-refractivity contribution in [2.24, 2.45) is 5.73 Å². The summed E-state index contributed by atoms with van der Waals surface area (Å²) in [6.45, 7) is 3.91. The van der Waals surface area contributed by atoms with E-state index in [1.165, 1.54) is 141 Å². The van der Waals surface area contributed by atoms with Gasteiger partial charge in [0.05, 0.1) is 19.8 Å². The molecule has 0 aromatic carbocycles. The first-order chi connectivity index (χ1) is 26.7. The van der Waals surface area contributed by atoms with Crippen molar-refractivity contribution < 1.29 is 42.7 Å². The predicted octanol–water partition coefficient (Wildman–Crippen LogP) is 12.5. The van der Waals surface area contributed by atoms with Gasteiger partial charge in [-0.1, -0.05) is 187 Å². The third-order valence-electron chi connectivity index (χ3n) is 10.0. The molecule has 0 fully saturated rings. The Balaban J connectivity index is 4.19. The van der Waals surface area contributed by atoms with E-state index in [0.29, 0.717) is 13.0 Å². The number of carbonyl (C=O) groups is 2. The van der Waals surface area contributed by atoms with Gasteiger partial charge in [0.15, 0.2) is 0 Å². The molecule has 55 heavy (non-hydrogen) atoms. The van der Waals surface area contributed by atoms with E-state index in [1.807, 2.05) is 0 Å². The maximum Gasteiger partial charge on any atom is 0.472 e. The summed E-state index contributed by atoms with van der Waals surface area (Å²) in [5.74, 6) is -1.78. The van der Waals surface area contributed by atoms with Crippen LogP contribution in [0.5, 0.6) is 0 Å². The smallest absolute Gasteiger partial charge is 0.472 e. The van der Waals surface area contributed by atoms with Gasteiger partial charge in [0.25, 0.3) is 0 Å². The molecule has 3 unspecified atom stereocenters. The lowest BCUT2D eigenvalue weighted by Gasteiger charge is -2.20. The van der Waals surface area contributed by atoms with Crippen LogP contribution in [0.25, 0.3) is 0 Å². The number of ether oxygens (including phenoxy) is 2. The summed E-state index contributed by atoms with van der Waals surface area (Å²) < 4.78 is 33.4. The standard InChI is InChI=1S/C44H86NO9P/c1-3-5-7-9-11-13-15-17-19-21-23-25-27-29-31-33-35-37-51-38-41(39-52-55(49,50)53-40-42(45)44(47)48)54-43(46)36-34-32-30-28-26-24-22-20-18-16-14-12-10-8-6-4-2/h20,22,41-42H,3-19,21,23-40,45H2,1-2H3,(H,47,48)(H,49,50)/b22-20-. The third-order valence-corrected chi connectivity index (χ3v) is 11.0. The predicted molar refractivity (Wildman–Crippen MR) is 226 cm³/mol. The summed E-state index contributed by atoms with van der Waals surface area (Å²) >= 11 is 0. The number of hydrogen-bond donors (Lipinski definition) is 3. The van der Waals surface area contributed by atoms with Gasteiger partial charge < -0.3 is 25.2 Å². The first-order valence-electron chi connectivity index (χ1n) is 22.7. The Bertz CT molecular complexity index is 935. The van der Waals surface area contributed by atoms with Gasteiger partial charge >= 0.3 is 19.8 Å². The SMILES string of the molecule is CCCCCCCCC/C=C\CCCCCCCC(=O)OC(COCCCCCCCCCCCCCCCCCCC)COP(=O)(O)OCC(N)C(=O)O. The number of carbonyl (C=O) groups excluding carboxylic acids is 1. The topological polar surface area (TPSA) is 155 Å². The fraction of sp³-hybridized carbons (Fsp3) is 0.909. The van der Waals surface area contributed by atoms with Gasteiger partial charge in [-0.05, 0) is 38.5 Å². The van der Waals surface area contributed by atoms with Gasteiger partial charge in [0.1, 0.15) is 12.1 Å². The number of nitrogens with two attached hydrogens (primary N) is 1. The number of phosphoric ester groups is 1. The Kier molecular flexibility index (Phi) is 39.9. The van der Waals surface area contributed by atoms with E-state index in [0.717, 1.165) is 51.4 Å². The number of hydrogen-bond acceptors (Lipinski definition) is 8. The molecule has 0 bridgehead atoms. The monoisotopic (exact) mass is 804 g/mol. The molecule has 11 heteroatoms. The number of esters is 1. The summed E-state index contributed by atoms with van der Waals surface area (Å²) in [6, 6.07) is -1.47. The lowest BCUT2D eigenvalue weighted by Crippen LogP contribution is -2.34. The molecule has 4 N–H and O–H groups in total. The van der Waals surface area contributed by atoms with Crippen molar-refractivity contribution in [2.75, 3.05) is 26.4 Å². The number of allylic oxidation sites excluding steroid dienone is 2. The molecular weight excluding hydrogens is 717 g/mol. The zero-order valence-electron chi connectivity index (χ0n) is 35.5. The first-order valence-corrected chi connectivity index (χ1v) is 24.2. The molecule has 0 amide bonds.